The number of phenols is 1. The standard InChI is InChI=1S/C9H9BrO3.C2H6/c1-13-9(12)5-6-2-3-8(11)7(10)4-6;1-2/h2-4,11H,5H2,1H3;1-2H3. The Morgan fingerprint density at radius 3 is 2.53 bits per heavy atom. The highest BCUT2D eigenvalue weighted by molar-refractivity contribution is 9.10. The summed E-state index contributed by atoms with van der Waals surface area (Å²) in [6, 6.07) is 4.89. The van der Waals surface area contributed by atoms with Crippen LogP contribution in [0.4, 0.5) is 0 Å². The minimum atomic E-state index is -0.294. The fourth-order valence-corrected chi connectivity index (χ4v) is 1.33. The number of rotatable bonds is 2. The molecule has 0 bridgehead atoms. The average Bonchev–Trinajstić information content (AvgIpc) is 2.26. The minimum Gasteiger partial charge on any atom is -0.507 e. The first-order valence-corrected chi connectivity index (χ1v) is 5.47. The predicted molar refractivity (Wildman–Crippen MR) is 62.9 cm³/mol. The number of aromatic hydroxyl groups is 1. The van der Waals surface area contributed by atoms with Crippen LogP contribution in [0.25, 0.3) is 0 Å². The molecule has 0 aliphatic carbocycles. The first kappa shape index (κ1) is 14.0. The summed E-state index contributed by atoms with van der Waals surface area (Å²) in [5.41, 5.74) is 0.802. The first-order valence-electron chi connectivity index (χ1n) is 4.67. The van der Waals surface area contributed by atoms with Crippen molar-refractivity contribution in [1.29, 1.82) is 0 Å². The number of hydrogen-bond donors (Lipinski definition) is 1. The Bertz CT molecular complexity index is 324. The van der Waals surface area contributed by atoms with Gasteiger partial charge in [-0.2, -0.15) is 0 Å². The van der Waals surface area contributed by atoms with Gasteiger partial charge in [0.15, 0.2) is 0 Å². The second-order valence-electron chi connectivity index (χ2n) is 2.54. The summed E-state index contributed by atoms with van der Waals surface area (Å²) in [5, 5.41) is 9.17. The molecule has 0 aliphatic heterocycles. The zero-order chi connectivity index (χ0) is 11.8. The Balaban J connectivity index is 0.000000921. The Labute approximate surface area is 98.2 Å². The SMILES string of the molecule is CC.COC(=O)Cc1ccc(O)c(Br)c1. The van der Waals surface area contributed by atoms with Gasteiger partial charge >= 0.3 is 5.97 Å². The lowest BCUT2D eigenvalue weighted by molar-refractivity contribution is -0.139. The van der Waals surface area contributed by atoms with Gasteiger partial charge in [-0.05, 0) is 33.6 Å². The number of methoxy groups -OCH3 is 1. The van der Waals surface area contributed by atoms with Gasteiger partial charge in [0.2, 0.25) is 0 Å². The van der Waals surface area contributed by atoms with Gasteiger partial charge < -0.3 is 9.84 Å². The van der Waals surface area contributed by atoms with E-state index in [0.717, 1.165) is 5.56 Å². The predicted octanol–water partition coefficient (Wildman–Crippen LogP) is 2.90. The average molecular weight is 275 g/mol. The maximum Gasteiger partial charge on any atom is 0.309 e. The zero-order valence-electron chi connectivity index (χ0n) is 9.08. The molecule has 0 atom stereocenters. The number of carbonyl (C=O) groups excluding carboxylic acids is 1. The van der Waals surface area contributed by atoms with Crippen molar-refractivity contribution in [3.05, 3.63) is 28.2 Å². The van der Waals surface area contributed by atoms with Crippen molar-refractivity contribution >= 4 is 21.9 Å². The van der Waals surface area contributed by atoms with Crippen LogP contribution in [0, 0.1) is 0 Å². The van der Waals surface area contributed by atoms with Gasteiger partial charge in [-0.1, -0.05) is 19.9 Å². The molecule has 1 aromatic rings. The summed E-state index contributed by atoms with van der Waals surface area (Å²) in [6.07, 6.45) is 0.218. The molecular formula is C11H15BrO3. The third-order valence-corrected chi connectivity index (χ3v) is 2.22. The van der Waals surface area contributed by atoms with E-state index in [9.17, 15) is 9.90 Å². The van der Waals surface area contributed by atoms with Crippen LogP contribution < -0.4 is 0 Å². The monoisotopic (exact) mass is 274 g/mol. The van der Waals surface area contributed by atoms with Gasteiger partial charge in [0.25, 0.3) is 0 Å². The molecule has 0 unspecified atom stereocenters. The van der Waals surface area contributed by atoms with Crippen molar-refractivity contribution in [1.82, 2.24) is 0 Å². The van der Waals surface area contributed by atoms with E-state index in [1.54, 1.807) is 12.1 Å². The van der Waals surface area contributed by atoms with Crippen LogP contribution in [-0.4, -0.2) is 18.2 Å². The Kier molecular flexibility index (Phi) is 6.79. The molecular weight excluding hydrogens is 260 g/mol. The van der Waals surface area contributed by atoms with Gasteiger partial charge in [-0.15, -0.1) is 0 Å². The van der Waals surface area contributed by atoms with Crippen molar-refractivity contribution in [2.45, 2.75) is 20.3 Å². The lowest BCUT2D eigenvalue weighted by Crippen LogP contribution is -2.04. The molecule has 0 saturated carbocycles. The second-order valence-corrected chi connectivity index (χ2v) is 3.39. The van der Waals surface area contributed by atoms with E-state index in [0.29, 0.717) is 4.47 Å². The Morgan fingerprint density at radius 2 is 2.07 bits per heavy atom. The molecule has 4 heteroatoms. The van der Waals surface area contributed by atoms with Crippen LogP contribution >= 0.6 is 15.9 Å². The minimum absolute atomic E-state index is 0.161. The normalized spacial score (nSPS) is 8.80. The van der Waals surface area contributed by atoms with Gasteiger partial charge in [0.1, 0.15) is 5.75 Å². The van der Waals surface area contributed by atoms with E-state index in [4.69, 9.17) is 0 Å². The van der Waals surface area contributed by atoms with Crippen molar-refractivity contribution in [2.24, 2.45) is 0 Å². The van der Waals surface area contributed by atoms with Crippen molar-refractivity contribution < 1.29 is 14.6 Å². The fourth-order valence-electron chi connectivity index (χ4n) is 0.899. The molecule has 1 aromatic carbocycles. The molecule has 0 amide bonds. The highest BCUT2D eigenvalue weighted by atomic mass is 79.9. The van der Waals surface area contributed by atoms with Crippen LogP contribution in [0.2, 0.25) is 0 Å². The second kappa shape index (κ2) is 7.29. The summed E-state index contributed by atoms with van der Waals surface area (Å²) in [7, 11) is 1.35. The number of carbonyl (C=O) groups is 1. The largest absolute Gasteiger partial charge is 0.507 e. The Morgan fingerprint density at radius 1 is 1.47 bits per heavy atom. The molecule has 0 spiro atoms. The summed E-state index contributed by atoms with van der Waals surface area (Å²) in [4.78, 5) is 10.9. The summed E-state index contributed by atoms with van der Waals surface area (Å²) < 4.78 is 5.09. The molecule has 0 radical (unpaired) electrons. The van der Waals surface area contributed by atoms with E-state index < -0.39 is 0 Å². The molecule has 1 N–H and O–H groups in total. The molecule has 1 rings (SSSR count). The van der Waals surface area contributed by atoms with E-state index in [1.165, 1.54) is 13.2 Å². The molecule has 0 heterocycles. The first-order chi connectivity index (χ1) is 7.13. The zero-order valence-corrected chi connectivity index (χ0v) is 10.7. The maximum atomic E-state index is 10.9. The quantitative estimate of drug-likeness (QED) is 0.844. The maximum absolute atomic E-state index is 10.9. The fraction of sp³-hybridized carbons (Fsp3) is 0.364. The van der Waals surface area contributed by atoms with Crippen LogP contribution in [0.1, 0.15) is 19.4 Å². The summed E-state index contributed by atoms with van der Waals surface area (Å²) in [5.74, 6) is -0.133. The van der Waals surface area contributed by atoms with Crippen molar-refractivity contribution in [3.63, 3.8) is 0 Å². The van der Waals surface area contributed by atoms with Crippen LogP contribution in [-0.2, 0) is 16.0 Å². The molecule has 0 aliphatic rings. The lowest BCUT2D eigenvalue weighted by atomic mass is 10.1. The molecule has 0 saturated heterocycles. The van der Waals surface area contributed by atoms with E-state index in [2.05, 4.69) is 20.7 Å². The number of ether oxygens (including phenoxy) is 1. The molecule has 84 valence electrons. The number of hydrogen-bond acceptors (Lipinski definition) is 3. The Hall–Kier alpha value is -1.03. The highest BCUT2D eigenvalue weighted by Gasteiger charge is 2.04. The van der Waals surface area contributed by atoms with Crippen LogP contribution in [0.5, 0.6) is 5.75 Å². The van der Waals surface area contributed by atoms with E-state index >= 15 is 0 Å². The van der Waals surface area contributed by atoms with Crippen molar-refractivity contribution in [2.75, 3.05) is 7.11 Å². The smallest absolute Gasteiger partial charge is 0.309 e. The summed E-state index contributed by atoms with van der Waals surface area (Å²) in [6.45, 7) is 4.00. The van der Waals surface area contributed by atoms with E-state index in [-0.39, 0.29) is 18.1 Å². The third kappa shape index (κ3) is 4.83. The lowest BCUT2D eigenvalue weighted by Gasteiger charge is -2.01. The van der Waals surface area contributed by atoms with Crippen LogP contribution in [0.3, 0.4) is 0 Å². The number of esters is 1. The highest BCUT2D eigenvalue weighted by Crippen LogP contribution is 2.24. The van der Waals surface area contributed by atoms with Crippen molar-refractivity contribution in [3.8, 4) is 5.75 Å². The van der Waals surface area contributed by atoms with Gasteiger partial charge in [0, 0.05) is 0 Å². The molecule has 0 fully saturated rings. The molecule has 15 heavy (non-hydrogen) atoms. The topological polar surface area (TPSA) is 46.5 Å². The third-order valence-electron chi connectivity index (χ3n) is 1.59. The summed E-state index contributed by atoms with van der Waals surface area (Å²) >= 11 is 3.16. The molecule has 0 aromatic heterocycles. The van der Waals surface area contributed by atoms with Crippen LogP contribution in [0.15, 0.2) is 22.7 Å². The number of phenolic OH excluding ortho intramolecular Hbond substituents is 1. The van der Waals surface area contributed by atoms with E-state index in [1.807, 2.05) is 13.8 Å². The number of benzene rings is 1. The van der Waals surface area contributed by atoms with Gasteiger partial charge in [-0.3, -0.25) is 4.79 Å². The van der Waals surface area contributed by atoms with Gasteiger partial charge in [0.05, 0.1) is 18.0 Å². The number of halogens is 1. The molecule has 3 nitrogen and oxygen atoms in total. The van der Waals surface area contributed by atoms with Gasteiger partial charge in [-0.25, -0.2) is 0 Å².